The van der Waals surface area contributed by atoms with Crippen LogP contribution < -0.4 is 5.32 Å². The Hall–Kier alpha value is -2.20. The molecule has 1 amide bonds. The van der Waals surface area contributed by atoms with Crippen molar-refractivity contribution in [1.29, 1.82) is 0 Å². The fraction of sp³-hybridized carbons (Fsp3) is 0.409. The van der Waals surface area contributed by atoms with Gasteiger partial charge >= 0.3 is 0 Å². The van der Waals surface area contributed by atoms with Crippen LogP contribution in [0.15, 0.2) is 48.5 Å². The number of carbonyl (C=O) groups is 1. The van der Waals surface area contributed by atoms with Crippen LogP contribution >= 0.6 is 0 Å². The van der Waals surface area contributed by atoms with E-state index in [0.29, 0.717) is 12.1 Å². The summed E-state index contributed by atoms with van der Waals surface area (Å²) in [6.07, 6.45) is 3.11. The molecule has 0 radical (unpaired) electrons. The number of nitrogens with zero attached hydrogens (tertiary/aromatic N) is 1. The average molecular weight is 354 g/mol. The highest BCUT2D eigenvalue weighted by Gasteiger charge is 2.32. The summed E-state index contributed by atoms with van der Waals surface area (Å²) in [4.78, 5) is 14.6. The van der Waals surface area contributed by atoms with Gasteiger partial charge in [-0.25, -0.2) is 4.39 Å². The van der Waals surface area contributed by atoms with Gasteiger partial charge in [0.15, 0.2) is 0 Å². The normalized spacial score (nSPS) is 17.0. The lowest BCUT2D eigenvalue weighted by Gasteiger charge is -2.39. The maximum atomic E-state index is 13.0. The third-order valence-corrected chi connectivity index (χ3v) is 5.54. The van der Waals surface area contributed by atoms with Crippen LogP contribution in [0.25, 0.3) is 0 Å². The van der Waals surface area contributed by atoms with E-state index in [-0.39, 0.29) is 17.1 Å². The summed E-state index contributed by atoms with van der Waals surface area (Å²) in [5.41, 5.74) is 3.40. The fourth-order valence-corrected chi connectivity index (χ4v) is 3.72. The highest BCUT2D eigenvalue weighted by molar-refractivity contribution is 5.94. The topological polar surface area (TPSA) is 32.3 Å². The highest BCUT2D eigenvalue weighted by Crippen LogP contribution is 2.36. The van der Waals surface area contributed by atoms with Crippen LogP contribution in [0.2, 0.25) is 0 Å². The Morgan fingerprint density at radius 2 is 1.77 bits per heavy atom. The summed E-state index contributed by atoms with van der Waals surface area (Å²) in [7, 11) is 2.18. The van der Waals surface area contributed by atoms with E-state index in [9.17, 15) is 9.18 Å². The van der Waals surface area contributed by atoms with E-state index in [0.717, 1.165) is 32.4 Å². The van der Waals surface area contributed by atoms with E-state index >= 15 is 0 Å². The first kappa shape index (κ1) is 18.6. The van der Waals surface area contributed by atoms with Crippen molar-refractivity contribution in [2.75, 3.05) is 26.7 Å². The number of hydrogen-bond donors (Lipinski definition) is 1. The van der Waals surface area contributed by atoms with E-state index in [4.69, 9.17) is 0 Å². The van der Waals surface area contributed by atoms with Crippen molar-refractivity contribution < 1.29 is 9.18 Å². The van der Waals surface area contributed by atoms with Gasteiger partial charge in [0.1, 0.15) is 5.82 Å². The molecule has 0 aromatic heterocycles. The van der Waals surface area contributed by atoms with Crippen molar-refractivity contribution >= 4 is 5.91 Å². The SMILES string of the molecule is CN1CCC(C)(c2ccccc2CCNC(=O)c2ccc(F)cc2)CC1. The standard InChI is InChI=1S/C22H27FN2O/c1-22(12-15-25(2)16-13-22)20-6-4-3-5-17(20)11-14-24-21(26)18-7-9-19(23)10-8-18/h3-10H,11-16H2,1-2H3,(H,24,26). The molecule has 0 atom stereocenters. The number of carbonyl (C=O) groups excluding carboxylic acids is 1. The van der Waals surface area contributed by atoms with Gasteiger partial charge in [-0.1, -0.05) is 31.2 Å². The number of likely N-dealkylation sites (tertiary alicyclic amines) is 1. The number of piperidine rings is 1. The number of rotatable bonds is 5. The van der Waals surface area contributed by atoms with Crippen molar-refractivity contribution in [1.82, 2.24) is 10.2 Å². The van der Waals surface area contributed by atoms with Crippen LogP contribution in [0.5, 0.6) is 0 Å². The molecular weight excluding hydrogens is 327 g/mol. The second-order valence-corrected chi connectivity index (χ2v) is 7.53. The molecule has 3 nitrogen and oxygen atoms in total. The first-order valence-electron chi connectivity index (χ1n) is 9.29. The van der Waals surface area contributed by atoms with E-state index < -0.39 is 0 Å². The van der Waals surface area contributed by atoms with Crippen LogP contribution in [0.3, 0.4) is 0 Å². The molecule has 1 heterocycles. The summed E-state index contributed by atoms with van der Waals surface area (Å²) >= 11 is 0. The van der Waals surface area contributed by atoms with Gasteiger partial charge in [0, 0.05) is 12.1 Å². The first-order chi connectivity index (χ1) is 12.5. The van der Waals surface area contributed by atoms with Crippen molar-refractivity contribution in [2.45, 2.75) is 31.6 Å². The Kier molecular flexibility index (Phi) is 5.72. The lowest BCUT2D eigenvalue weighted by Crippen LogP contribution is -2.39. The average Bonchev–Trinajstić information content (AvgIpc) is 2.65. The maximum Gasteiger partial charge on any atom is 0.251 e. The summed E-state index contributed by atoms with van der Waals surface area (Å²) in [6.45, 7) is 5.16. The van der Waals surface area contributed by atoms with Crippen molar-refractivity contribution in [3.8, 4) is 0 Å². The molecule has 0 unspecified atom stereocenters. The lowest BCUT2D eigenvalue weighted by atomic mass is 9.72. The zero-order valence-electron chi connectivity index (χ0n) is 15.6. The predicted octanol–water partition coefficient (Wildman–Crippen LogP) is 3.78. The molecule has 1 aliphatic rings. The summed E-state index contributed by atoms with van der Waals surface area (Å²) in [5, 5.41) is 2.95. The monoisotopic (exact) mass is 354 g/mol. The first-order valence-corrected chi connectivity index (χ1v) is 9.29. The predicted molar refractivity (Wildman–Crippen MR) is 103 cm³/mol. The summed E-state index contributed by atoms with van der Waals surface area (Å²) < 4.78 is 13.0. The largest absolute Gasteiger partial charge is 0.352 e. The Balaban J connectivity index is 1.63. The second kappa shape index (κ2) is 8.00. The maximum absolute atomic E-state index is 13.0. The van der Waals surface area contributed by atoms with Gasteiger partial charge in [0.25, 0.3) is 5.91 Å². The summed E-state index contributed by atoms with van der Waals surface area (Å²) in [6, 6.07) is 14.2. The van der Waals surface area contributed by atoms with Gasteiger partial charge in [0.05, 0.1) is 0 Å². The van der Waals surface area contributed by atoms with Crippen LogP contribution in [0.1, 0.15) is 41.3 Å². The molecule has 0 saturated carbocycles. The Morgan fingerprint density at radius 1 is 1.12 bits per heavy atom. The smallest absolute Gasteiger partial charge is 0.251 e. The Labute approximate surface area is 155 Å². The van der Waals surface area contributed by atoms with Crippen LogP contribution in [-0.4, -0.2) is 37.5 Å². The van der Waals surface area contributed by atoms with E-state index in [2.05, 4.69) is 48.5 Å². The van der Waals surface area contributed by atoms with E-state index in [1.807, 2.05) is 0 Å². The molecule has 1 aliphatic heterocycles. The van der Waals surface area contributed by atoms with Gasteiger partial charge in [-0.05, 0) is 80.2 Å². The molecular formula is C22H27FN2O. The van der Waals surface area contributed by atoms with E-state index in [1.165, 1.54) is 35.4 Å². The molecule has 0 bridgehead atoms. The minimum absolute atomic E-state index is 0.159. The Morgan fingerprint density at radius 3 is 2.46 bits per heavy atom. The molecule has 0 aliphatic carbocycles. The molecule has 1 N–H and O–H groups in total. The van der Waals surface area contributed by atoms with Gasteiger partial charge in [-0.15, -0.1) is 0 Å². The minimum atomic E-state index is -0.332. The number of amides is 1. The number of halogens is 1. The summed E-state index contributed by atoms with van der Waals surface area (Å²) in [5.74, 6) is -0.491. The van der Waals surface area contributed by atoms with Gasteiger partial charge in [-0.2, -0.15) is 0 Å². The van der Waals surface area contributed by atoms with Crippen molar-refractivity contribution in [2.24, 2.45) is 0 Å². The van der Waals surface area contributed by atoms with Crippen LogP contribution in [-0.2, 0) is 11.8 Å². The molecule has 2 aromatic rings. The molecule has 4 heteroatoms. The number of nitrogens with one attached hydrogen (secondary N) is 1. The third-order valence-electron chi connectivity index (χ3n) is 5.54. The molecule has 26 heavy (non-hydrogen) atoms. The quantitative estimate of drug-likeness (QED) is 0.886. The second-order valence-electron chi connectivity index (χ2n) is 7.53. The number of benzene rings is 2. The molecule has 2 aromatic carbocycles. The minimum Gasteiger partial charge on any atom is -0.352 e. The fourth-order valence-electron chi connectivity index (χ4n) is 3.72. The zero-order chi connectivity index (χ0) is 18.6. The van der Waals surface area contributed by atoms with Gasteiger partial charge < -0.3 is 10.2 Å². The highest BCUT2D eigenvalue weighted by atomic mass is 19.1. The lowest BCUT2D eigenvalue weighted by molar-refractivity contribution is 0.0954. The van der Waals surface area contributed by atoms with Crippen LogP contribution in [0, 0.1) is 5.82 Å². The third kappa shape index (κ3) is 4.31. The Bertz CT molecular complexity index is 749. The van der Waals surface area contributed by atoms with E-state index in [1.54, 1.807) is 0 Å². The molecule has 1 saturated heterocycles. The van der Waals surface area contributed by atoms with Crippen molar-refractivity contribution in [3.63, 3.8) is 0 Å². The van der Waals surface area contributed by atoms with Gasteiger partial charge in [-0.3, -0.25) is 4.79 Å². The van der Waals surface area contributed by atoms with Crippen molar-refractivity contribution in [3.05, 3.63) is 71.0 Å². The molecule has 1 fully saturated rings. The number of hydrogen-bond acceptors (Lipinski definition) is 2. The van der Waals surface area contributed by atoms with Gasteiger partial charge in [0.2, 0.25) is 0 Å². The molecule has 3 rings (SSSR count). The molecule has 0 spiro atoms. The zero-order valence-corrected chi connectivity index (χ0v) is 15.6. The van der Waals surface area contributed by atoms with Crippen LogP contribution in [0.4, 0.5) is 4.39 Å². The molecule has 138 valence electrons.